The maximum absolute atomic E-state index is 12.9. The summed E-state index contributed by atoms with van der Waals surface area (Å²) in [5.74, 6) is -0.548. The molecular weight excluding hydrogens is 432 g/mol. The zero-order valence-electron chi connectivity index (χ0n) is 15.6. The van der Waals surface area contributed by atoms with Crippen LogP contribution in [0.4, 0.5) is 5.69 Å². The van der Waals surface area contributed by atoms with Crippen LogP contribution in [0.2, 0.25) is 0 Å². The normalized spacial score (nSPS) is 18.4. The van der Waals surface area contributed by atoms with E-state index in [4.69, 9.17) is 0 Å². The van der Waals surface area contributed by atoms with Gasteiger partial charge in [0, 0.05) is 24.6 Å². The first-order valence-electron chi connectivity index (χ1n) is 8.77. The number of anilines is 1. The van der Waals surface area contributed by atoms with Crippen molar-refractivity contribution in [1.82, 2.24) is 14.1 Å². The molecule has 1 saturated heterocycles. The molecule has 0 bridgehead atoms. The first-order chi connectivity index (χ1) is 12.7. The summed E-state index contributed by atoms with van der Waals surface area (Å²) in [7, 11) is -1.79. The molecule has 1 N–H and O–H groups in total. The topological polar surface area (TPSA) is 84.3 Å². The Morgan fingerprint density at radius 2 is 1.93 bits per heavy atom. The Hall–Kier alpha value is -1.71. The molecule has 1 aromatic carbocycles. The number of nitrogens with one attached hydrogen (secondary N) is 1. The van der Waals surface area contributed by atoms with Gasteiger partial charge in [-0.25, -0.2) is 8.42 Å². The van der Waals surface area contributed by atoms with Crippen LogP contribution in [-0.4, -0.2) is 41.5 Å². The molecule has 1 aliphatic rings. The van der Waals surface area contributed by atoms with E-state index in [-0.39, 0.29) is 23.3 Å². The van der Waals surface area contributed by atoms with E-state index in [0.717, 1.165) is 15.9 Å². The lowest BCUT2D eigenvalue weighted by atomic mass is 9.98. The largest absolute Gasteiger partial charge is 0.323 e. The Morgan fingerprint density at radius 1 is 1.26 bits per heavy atom. The Labute approximate surface area is 167 Å². The van der Waals surface area contributed by atoms with Gasteiger partial charge in [-0.2, -0.15) is 9.40 Å². The molecule has 1 amide bonds. The zero-order chi connectivity index (χ0) is 19.8. The van der Waals surface area contributed by atoms with Gasteiger partial charge in [0.25, 0.3) is 0 Å². The van der Waals surface area contributed by atoms with E-state index in [1.54, 1.807) is 28.9 Å². The predicted octanol–water partition coefficient (Wildman–Crippen LogP) is 2.84. The molecule has 7 nitrogen and oxygen atoms in total. The first-order valence-corrected chi connectivity index (χ1v) is 11.0. The molecule has 3 rings (SSSR count). The number of aromatic nitrogens is 2. The summed E-state index contributed by atoms with van der Waals surface area (Å²) >= 11 is 3.31. The molecule has 0 radical (unpaired) electrons. The van der Waals surface area contributed by atoms with Crippen LogP contribution in [0, 0.1) is 19.8 Å². The van der Waals surface area contributed by atoms with Crippen LogP contribution >= 0.6 is 15.9 Å². The fourth-order valence-corrected chi connectivity index (χ4v) is 5.10. The van der Waals surface area contributed by atoms with Crippen LogP contribution < -0.4 is 5.32 Å². The number of nitrogens with zero attached hydrogens (tertiary/aromatic N) is 3. The Kier molecular flexibility index (Phi) is 5.73. The van der Waals surface area contributed by atoms with Crippen molar-refractivity contribution in [1.29, 1.82) is 0 Å². The molecule has 1 fully saturated rings. The molecule has 2 heterocycles. The Morgan fingerprint density at radius 3 is 2.52 bits per heavy atom. The highest BCUT2D eigenvalue weighted by Crippen LogP contribution is 2.26. The van der Waals surface area contributed by atoms with Gasteiger partial charge in [-0.05, 0) is 51.0 Å². The summed E-state index contributed by atoms with van der Waals surface area (Å²) in [6, 6.07) is 6.56. The summed E-state index contributed by atoms with van der Waals surface area (Å²) in [5, 5.41) is 7.24. The SMILES string of the molecule is Cc1nn(C)c(C)c1NC(=O)C1CCCN(S(=O)(=O)c2ccc(Br)cc2)C1. The number of amides is 1. The molecule has 2 aromatic rings. The molecule has 0 aliphatic carbocycles. The number of halogens is 1. The van der Waals surface area contributed by atoms with Crippen LogP contribution in [-0.2, 0) is 21.9 Å². The van der Waals surface area contributed by atoms with Crippen molar-refractivity contribution in [3.05, 3.63) is 40.1 Å². The number of sulfonamides is 1. The average molecular weight is 455 g/mol. The van der Waals surface area contributed by atoms with Gasteiger partial charge in [0.2, 0.25) is 15.9 Å². The fourth-order valence-electron chi connectivity index (χ4n) is 3.31. The van der Waals surface area contributed by atoms with Crippen LogP contribution in [0.3, 0.4) is 0 Å². The van der Waals surface area contributed by atoms with Crippen LogP contribution in [0.1, 0.15) is 24.2 Å². The number of rotatable bonds is 4. The summed E-state index contributed by atoms with van der Waals surface area (Å²) in [6.45, 7) is 4.34. The highest BCUT2D eigenvalue weighted by Gasteiger charge is 2.33. The van der Waals surface area contributed by atoms with Gasteiger partial charge in [-0.1, -0.05) is 15.9 Å². The van der Waals surface area contributed by atoms with E-state index < -0.39 is 10.0 Å². The smallest absolute Gasteiger partial charge is 0.243 e. The van der Waals surface area contributed by atoms with Crippen molar-refractivity contribution in [3.8, 4) is 0 Å². The molecule has 1 aromatic heterocycles. The van der Waals surface area contributed by atoms with Gasteiger partial charge >= 0.3 is 0 Å². The van der Waals surface area contributed by atoms with E-state index in [1.165, 1.54) is 4.31 Å². The highest BCUT2D eigenvalue weighted by molar-refractivity contribution is 9.10. The molecule has 1 atom stereocenters. The van der Waals surface area contributed by atoms with Gasteiger partial charge in [0.1, 0.15) is 0 Å². The Bertz CT molecular complexity index is 954. The third-order valence-corrected chi connectivity index (χ3v) is 7.37. The molecule has 0 spiro atoms. The lowest BCUT2D eigenvalue weighted by molar-refractivity contribution is -0.120. The lowest BCUT2D eigenvalue weighted by Gasteiger charge is -2.31. The number of hydrogen-bond donors (Lipinski definition) is 1. The van der Waals surface area contributed by atoms with Crippen molar-refractivity contribution in [3.63, 3.8) is 0 Å². The van der Waals surface area contributed by atoms with Gasteiger partial charge in [-0.15, -0.1) is 0 Å². The monoisotopic (exact) mass is 454 g/mol. The molecule has 0 saturated carbocycles. The second-order valence-electron chi connectivity index (χ2n) is 6.81. The maximum Gasteiger partial charge on any atom is 0.243 e. The summed E-state index contributed by atoms with van der Waals surface area (Å²) in [6.07, 6.45) is 1.31. The van der Waals surface area contributed by atoms with Gasteiger partial charge in [0.15, 0.2) is 0 Å². The van der Waals surface area contributed by atoms with Crippen molar-refractivity contribution in [2.45, 2.75) is 31.6 Å². The quantitative estimate of drug-likeness (QED) is 0.769. The van der Waals surface area contributed by atoms with Crippen molar-refractivity contribution in [2.24, 2.45) is 13.0 Å². The molecule has 27 heavy (non-hydrogen) atoms. The molecule has 9 heteroatoms. The Balaban J connectivity index is 1.75. The summed E-state index contributed by atoms with van der Waals surface area (Å²) in [4.78, 5) is 13.0. The van der Waals surface area contributed by atoms with E-state index in [9.17, 15) is 13.2 Å². The molecule has 1 unspecified atom stereocenters. The van der Waals surface area contributed by atoms with Gasteiger partial charge < -0.3 is 5.32 Å². The number of hydrogen-bond acceptors (Lipinski definition) is 4. The third-order valence-electron chi connectivity index (χ3n) is 4.96. The number of carbonyl (C=O) groups is 1. The first kappa shape index (κ1) is 20.0. The number of carbonyl (C=O) groups excluding carboxylic acids is 1. The highest BCUT2D eigenvalue weighted by atomic mass is 79.9. The van der Waals surface area contributed by atoms with Crippen molar-refractivity contribution >= 4 is 37.5 Å². The number of benzene rings is 1. The molecule has 146 valence electrons. The predicted molar refractivity (Wildman–Crippen MR) is 107 cm³/mol. The molecule has 1 aliphatic heterocycles. The third kappa shape index (κ3) is 4.09. The van der Waals surface area contributed by atoms with Crippen LogP contribution in [0.5, 0.6) is 0 Å². The second-order valence-corrected chi connectivity index (χ2v) is 9.67. The van der Waals surface area contributed by atoms with Crippen LogP contribution in [0.15, 0.2) is 33.6 Å². The summed E-state index contributed by atoms with van der Waals surface area (Å²) < 4.78 is 29.8. The van der Waals surface area contributed by atoms with Gasteiger partial charge in [0.05, 0.1) is 27.9 Å². The molecular formula is C18H23BrN4O3S. The van der Waals surface area contributed by atoms with Gasteiger partial charge in [-0.3, -0.25) is 9.48 Å². The minimum Gasteiger partial charge on any atom is -0.323 e. The van der Waals surface area contributed by atoms with E-state index in [2.05, 4.69) is 26.3 Å². The number of piperidine rings is 1. The van der Waals surface area contributed by atoms with Crippen molar-refractivity contribution < 1.29 is 13.2 Å². The van der Waals surface area contributed by atoms with Crippen LogP contribution in [0.25, 0.3) is 0 Å². The lowest BCUT2D eigenvalue weighted by Crippen LogP contribution is -2.43. The van der Waals surface area contributed by atoms with Crippen molar-refractivity contribution in [2.75, 3.05) is 18.4 Å². The number of aryl methyl sites for hydroxylation is 2. The average Bonchev–Trinajstić information content (AvgIpc) is 2.88. The minimum atomic E-state index is -3.61. The van der Waals surface area contributed by atoms with E-state index in [1.807, 2.05) is 20.9 Å². The standard InChI is InChI=1S/C18H23BrN4O3S/c1-12-17(13(2)22(3)21-12)20-18(24)14-5-4-10-23(11-14)27(25,26)16-8-6-15(19)7-9-16/h6-9,14H,4-5,10-11H2,1-3H3,(H,20,24). The summed E-state index contributed by atoms with van der Waals surface area (Å²) in [5.41, 5.74) is 2.32. The fraction of sp³-hybridized carbons (Fsp3) is 0.444. The zero-order valence-corrected chi connectivity index (χ0v) is 18.0. The minimum absolute atomic E-state index is 0.162. The van der Waals surface area contributed by atoms with E-state index in [0.29, 0.717) is 25.1 Å². The van der Waals surface area contributed by atoms with E-state index >= 15 is 0 Å². The maximum atomic E-state index is 12.9. The second kappa shape index (κ2) is 7.73.